The first kappa shape index (κ1) is 14.9. The number of halogens is 2. The first-order chi connectivity index (χ1) is 11.1. The molecule has 0 amide bonds. The van der Waals surface area contributed by atoms with E-state index in [1.54, 1.807) is 0 Å². The molecule has 0 unspecified atom stereocenters. The number of fused-ring (bicyclic) bond motifs is 3. The van der Waals surface area contributed by atoms with Crippen LogP contribution < -0.4 is 4.90 Å². The van der Waals surface area contributed by atoms with Crippen LogP contribution in [0.15, 0.2) is 54.6 Å². The van der Waals surface area contributed by atoms with Crippen LogP contribution in [-0.2, 0) is 0 Å². The van der Waals surface area contributed by atoms with Crippen molar-refractivity contribution >= 4 is 50.4 Å². The smallest absolute Gasteiger partial charge is 0.0718 e. The predicted molar refractivity (Wildman–Crippen MR) is 102 cm³/mol. The zero-order valence-electron chi connectivity index (χ0n) is 12.8. The first-order valence-electron chi connectivity index (χ1n) is 7.86. The average molecular weight is 342 g/mol. The van der Waals surface area contributed by atoms with Crippen molar-refractivity contribution in [1.82, 2.24) is 0 Å². The van der Waals surface area contributed by atoms with E-state index in [0.717, 1.165) is 63.2 Å². The summed E-state index contributed by atoms with van der Waals surface area (Å²) in [5, 5.41) is 6.06. The normalized spacial score (nSPS) is 15.6. The molecule has 3 heteroatoms. The Balaban J connectivity index is 1.89. The number of rotatable bonds is 1. The zero-order valence-corrected chi connectivity index (χ0v) is 14.3. The van der Waals surface area contributed by atoms with Gasteiger partial charge in [0.25, 0.3) is 0 Å². The van der Waals surface area contributed by atoms with E-state index in [-0.39, 0.29) is 0 Å². The van der Waals surface area contributed by atoms with E-state index >= 15 is 0 Å². The quantitative estimate of drug-likeness (QED) is 0.362. The van der Waals surface area contributed by atoms with Gasteiger partial charge in [0.05, 0.1) is 10.7 Å². The lowest BCUT2D eigenvalue weighted by atomic mass is 10.00. The van der Waals surface area contributed by atoms with E-state index < -0.39 is 0 Å². The third-order valence-corrected chi connectivity index (χ3v) is 5.46. The number of benzene rings is 3. The van der Waals surface area contributed by atoms with Crippen molar-refractivity contribution in [2.45, 2.75) is 12.8 Å². The second-order valence-corrected chi connectivity index (χ2v) is 6.92. The number of anilines is 1. The number of hydrogen-bond donors (Lipinski definition) is 0. The van der Waals surface area contributed by atoms with Gasteiger partial charge >= 0.3 is 0 Å². The number of piperidine rings is 1. The molecule has 4 rings (SSSR count). The SMILES string of the molecule is C=C1CCN(c2ccc3c(ccc4c(Cl)cccc43)c2Cl)CC1. The molecule has 0 radical (unpaired) electrons. The Morgan fingerprint density at radius 2 is 1.43 bits per heavy atom. The molecule has 1 saturated heterocycles. The fourth-order valence-corrected chi connectivity index (χ4v) is 3.98. The van der Waals surface area contributed by atoms with Gasteiger partial charge in [-0.2, -0.15) is 0 Å². The van der Waals surface area contributed by atoms with Crippen LogP contribution in [-0.4, -0.2) is 13.1 Å². The van der Waals surface area contributed by atoms with Gasteiger partial charge in [0.1, 0.15) is 0 Å². The third kappa shape index (κ3) is 2.49. The Morgan fingerprint density at radius 1 is 0.783 bits per heavy atom. The molecule has 0 aromatic heterocycles. The zero-order chi connectivity index (χ0) is 16.0. The van der Waals surface area contributed by atoms with Crippen LogP contribution in [0.5, 0.6) is 0 Å². The van der Waals surface area contributed by atoms with Crippen LogP contribution in [0, 0.1) is 0 Å². The molecule has 1 heterocycles. The van der Waals surface area contributed by atoms with Gasteiger partial charge < -0.3 is 4.90 Å². The Hall–Kier alpha value is -1.70. The molecule has 0 N–H and O–H groups in total. The summed E-state index contributed by atoms with van der Waals surface area (Å²) in [6.45, 7) is 6.06. The minimum absolute atomic E-state index is 0.777. The van der Waals surface area contributed by atoms with Crippen LogP contribution in [0.4, 0.5) is 5.69 Å². The molecule has 0 saturated carbocycles. The summed E-state index contributed by atoms with van der Waals surface area (Å²) < 4.78 is 0. The Kier molecular flexibility index (Phi) is 3.71. The summed E-state index contributed by atoms with van der Waals surface area (Å²) in [6.07, 6.45) is 2.09. The minimum Gasteiger partial charge on any atom is -0.370 e. The summed E-state index contributed by atoms with van der Waals surface area (Å²) >= 11 is 13.1. The minimum atomic E-state index is 0.777. The molecule has 116 valence electrons. The molecular formula is C20H17Cl2N. The van der Waals surface area contributed by atoms with Gasteiger partial charge in [-0.25, -0.2) is 0 Å². The van der Waals surface area contributed by atoms with Crippen molar-refractivity contribution in [3.05, 3.63) is 64.7 Å². The van der Waals surface area contributed by atoms with E-state index in [1.807, 2.05) is 12.1 Å². The summed E-state index contributed by atoms with van der Waals surface area (Å²) in [7, 11) is 0. The fraction of sp³-hybridized carbons (Fsp3) is 0.200. The largest absolute Gasteiger partial charge is 0.370 e. The van der Waals surface area contributed by atoms with Gasteiger partial charge in [-0.05, 0) is 35.7 Å². The molecule has 0 spiro atoms. The molecule has 1 nitrogen and oxygen atoms in total. The summed E-state index contributed by atoms with van der Waals surface area (Å²) in [5.74, 6) is 0. The lowest BCUT2D eigenvalue weighted by molar-refractivity contribution is 0.688. The van der Waals surface area contributed by atoms with Gasteiger partial charge in [-0.3, -0.25) is 0 Å². The molecule has 0 bridgehead atoms. The Morgan fingerprint density at radius 3 is 2.22 bits per heavy atom. The second kappa shape index (κ2) is 5.74. The lowest BCUT2D eigenvalue weighted by Gasteiger charge is -2.31. The van der Waals surface area contributed by atoms with Gasteiger partial charge in [-0.1, -0.05) is 65.7 Å². The summed E-state index contributed by atoms with van der Waals surface area (Å²) in [4.78, 5) is 2.36. The number of hydrogen-bond acceptors (Lipinski definition) is 1. The highest BCUT2D eigenvalue weighted by Crippen LogP contribution is 2.39. The van der Waals surface area contributed by atoms with E-state index in [0.29, 0.717) is 0 Å². The number of nitrogens with zero attached hydrogens (tertiary/aromatic N) is 1. The van der Waals surface area contributed by atoms with Crippen LogP contribution in [0.1, 0.15) is 12.8 Å². The van der Waals surface area contributed by atoms with E-state index in [4.69, 9.17) is 23.2 Å². The van der Waals surface area contributed by atoms with Crippen LogP contribution in [0.2, 0.25) is 10.0 Å². The Labute approximate surface area is 146 Å². The maximum atomic E-state index is 6.75. The van der Waals surface area contributed by atoms with E-state index in [2.05, 4.69) is 41.8 Å². The van der Waals surface area contributed by atoms with Crippen molar-refractivity contribution in [3.8, 4) is 0 Å². The summed E-state index contributed by atoms with van der Waals surface area (Å²) in [5.41, 5.74) is 2.45. The van der Waals surface area contributed by atoms with Crippen LogP contribution in [0.3, 0.4) is 0 Å². The topological polar surface area (TPSA) is 3.24 Å². The molecular weight excluding hydrogens is 325 g/mol. The second-order valence-electron chi connectivity index (χ2n) is 6.13. The monoisotopic (exact) mass is 341 g/mol. The molecule has 3 aromatic rings. The average Bonchev–Trinajstić information content (AvgIpc) is 2.56. The van der Waals surface area contributed by atoms with E-state index in [9.17, 15) is 0 Å². The van der Waals surface area contributed by atoms with Crippen LogP contribution in [0.25, 0.3) is 21.5 Å². The van der Waals surface area contributed by atoms with E-state index in [1.165, 1.54) is 5.57 Å². The van der Waals surface area contributed by atoms with Crippen molar-refractivity contribution < 1.29 is 0 Å². The van der Waals surface area contributed by atoms with Gasteiger partial charge in [0.15, 0.2) is 0 Å². The standard InChI is InChI=1S/C20H17Cl2N/c1-13-9-11-23(12-10-13)19-8-7-15-14-3-2-4-18(21)16(14)5-6-17(15)20(19)22/h2-8H,1,9-12H2. The highest BCUT2D eigenvalue weighted by atomic mass is 35.5. The molecule has 0 aliphatic carbocycles. The molecule has 1 aliphatic heterocycles. The third-order valence-electron chi connectivity index (χ3n) is 4.73. The summed E-state index contributed by atoms with van der Waals surface area (Å²) in [6, 6.07) is 14.5. The highest BCUT2D eigenvalue weighted by molar-refractivity contribution is 6.40. The maximum Gasteiger partial charge on any atom is 0.0718 e. The van der Waals surface area contributed by atoms with Crippen molar-refractivity contribution in [3.63, 3.8) is 0 Å². The fourth-order valence-electron chi connectivity index (χ4n) is 3.40. The van der Waals surface area contributed by atoms with Crippen molar-refractivity contribution in [2.75, 3.05) is 18.0 Å². The molecule has 3 aromatic carbocycles. The molecule has 1 fully saturated rings. The Bertz CT molecular complexity index is 920. The lowest BCUT2D eigenvalue weighted by Crippen LogP contribution is -2.30. The first-order valence-corrected chi connectivity index (χ1v) is 8.62. The van der Waals surface area contributed by atoms with Crippen molar-refractivity contribution in [2.24, 2.45) is 0 Å². The maximum absolute atomic E-state index is 6.75. The molecule has 1 aliphatic rings. The predicted octanol–water partition coefficient (Wildman–Crippen LogP) is 6.46. The molecule has 0 atom stereocenters. The van der Waals surface area contributed by atoms with Crippen molar-refractivity contribution in [1.29, 1.82) is 0 Å². The van der Waals surface area contributed by atoms with Crippen LogP contribution >= 0.6 is 23.2 Å². The van der Waals surface area contributed by atoms with Gasteiger partial charge in [-0.15, -0.1) is 0 Å². The van der Waals surface area contributed by atoms with Gasteiger partial charge in [0.2, 0.25) is 0 Å². The van der Waals surface area contributed by atoms with Gasteiger partial charge in [0, 0.05) is 28.9 Å². The molecule has 23 heavy (non-hydrogen) atoms. The highest BCUT2D eigenvalue weighted by Gasteiger charge is 2.17.